The topological polar surface area (TPSA) is 104 Å². The highest BCUT2D eigenvalue weighted by Crippen LogP contribution is 2.60. The average Bonchev–Trinajstić information content (AvgIpc) is 4.07. The van der Waals surface area contributed by atoms with Gasteiger partial charge >= 0.3 is 6.72 Å². The maximum absolute atomic E-state index is 7.37. The summed E-state index contributed by atoms with van der Waals surface area (Å²) in [6.45, 7) is -0.498. The van der Waals surface area contributed by atoms with Crippen molar-refractivity contribution in [1.82, 2.24) is 5.32 Å². The molecule has 0 spiro atoms. The molecule has 0 amide bonds. The lowest BCUT2D eigenvalue weighted by Crippen LogP contribution is -2.49. The van der Waals surface area contributed by atoms with E-state index in [1.54, 1.807) is 21.3 Å². The standard InChI is InChI=1S/C45H53BNO10PS/c1-30-26-38(50-4)39(54-30)27-53-58(59,56-40(37-16-11-25-47-37)31-12-7-5-8-13-31)57-42-41-43(46)55-44(42,28-51-41)29-52-45(32-14-9-6-10-15-32,33-17-21-35(48-2)22-18-33)34-19-23-36(49-3)24-20-34/h5-10,12-15,17-24,30,37-43,47H,11,16,25-29H2,1-4H3/t30-,37-,38?,39+,40+,41-,42?,43+,44-,58+/m0/s1. The molecule has 2 radical (unpaired) electrons. The number of methoxy groups -OCH3 is 3. The lowest BCUT2D eigenvalue weighted by atomic mass is 9.79. The first kappa shape index (κ1) is 42.5. The molecule has 2 bridgehead atoms. The zero-order valence-corrected chi connectivity index (χ0v) is 35.7. The van der Waals surface area contributed by atoms with Crippen LogP contribution in [0, 0.1) is 0 Å². The third kappa shape index (κ3) is 8.81. The van der Waals surface area contributed by atoms with E-state index in [-0.39, 0.29) is 44.2 Å². The molecule has 4 aliphatic heterocycles. The van der Waals surface area contributed by atoms with Crippen molar-refractivity contribution in [1.29, 1.82) is 0 Å². The Hall–Kier alpha value is -3.17. The van der Waals surface area contributed by atoms with E-state index in [0.29, 0.717) is 0 Å². The van der Waals surface area contributed by atoms with Crippen molar-refractivity contribution < 1.29 is 46.7 Å². The Labute approximate surface area is 353 Å². The predicted molar refractivity (Wildman–Crippen MR) is 228 cm³/mol. The van der Waals surface area contributed by atoms with E-state index in [1.807, 2.05) is 104 Å². The molecule has 59 heavy (non-hydrogen) atoms. The number of hydrogen-bond donors (Lipinski definition) is 1. The lowest BCUT2D eigenvalue weighted by Gasteiger charge is -2.40. The molecule has 4 aliphatic rings. The van der Waals surface area contributed by atoms with Crippen LogP contribution in [-0.2, 0) is 54.7 Å². The zero-order valence-electron chi connectivity index (χ0n) is 34.0. The second-order valence-corrected chi connectivity index (χ2v) is 18.5. The minimum absolute atomic E-state index is 0.000162. The molecule has 4 fully saturated rings. The van der Waals surface area contributed by atoms with Crippen LogP contribution in [0.1, 0.15) is 54.5 Å². The van der Waals surface area contributed by atoms with E-state index in [2.05, 4.69) is 17.4 Å². The Kier molecular flexibility index (Phi) is 13.3. The second kappa shape index (κ2) is 18.4. The van der Waals surface area contributed by atoms with Gasteiger partial charge in [0.15, 0.2) is 0 Å². The maximum atomic E-state index is 7.37. The van der Waals surface area contributed by atoms with E-state index >= 15 is 0 Å². The van der Waals surface area contributed by atoms with Crippen LogP contribution < -0.4 is 14.8 Å². The number of hydrogen-bond acceptors (Lipinski definition) is 12. The molecule has 0 aromatic heterocycles. The highest BCUT2D eigenvalue weighted by Gasteiger charge is 2.63. The molecule has 14 heteroatoms. The first-order chi connectivity index (χ1) is 28.7. The fourth-order valence-corrected chi connectivity index (χ4v) is 11.2. The van der Waals surface area contributed by atoms with E-state index < -0.39 is 42.2 Å². The minimum atomic E-state index is -3.65. The molecule has 4 aromatic rings. The van der Waals surface area contributed by atoms with Crippen LogP contribution in [-0.4, -0.2) is 104 Å². The molecule has 10 atom stereocenters. The monoisotopic (exact) mass is 841 g/mol. The van der Waals surface area contributed by atoms with Gasteiger partial charge in [0, 0.05) is 25.6 Å². The van der Waals surface area contributed by atoms with Gasteiger partial charge < -0.3 is 43.0 Å². The maximum Gasteiger partial charge on any atom is 0.328 e. The molecular weight excluding hydrogens is 788 g/mol. The highest BCUT2D eigenvalue weighted by atomic mass is 32.5. The van der Waals surface area contributed by atoms with Gasteiger partial charge in [0.05, 0.1) is 46.2 Å². The normalized spacial score (nSPS) is 29.3. The third-order valence-corrected chi connectivity index (χ3v) is 14.2. The molecule has 0 saturated carbocycles. The summed E-state index contributed by atoms with van der Waals surface area (Å²) >= 11 is 6.45. The largest absolute Gasteiger partial charge is 0.497 e. The number of fused-ring (bicyclic) bond motifs is 2. The Morgan fingerprint density at radius 3 is 2.08 bits per heavy atom. The fourth-order valence-electron chi connectivity index (χ4n) is 8.85. The lowest BCUT2D eigenvalue weighted by molar-refractivity contribution is -0.164. The van der Waals surface area contributed by atoms with E-state index in [4.69, 9.17) is 66.4 Å². The molecule has 2 unspecified atom stereocenters. The van der Waals surface area contributed by atoms with Crippen molar-refractivity contribution in [2.45, 2.75) is 86.1 Å². The summed E-state index contributed by atoms with van der Waals surface area (Å²) in [5, 5.41) is 3.62. The molecule has 4 heterocycles. The minimum Gasteiger partial charge on any atom is -0.497 e. The SMILES string of the molecule is [B][C@@H]1O[C@]2(COC(c3ccccc3)(c3ccc(OC)cc3)c3ccc(OC)cc3)CO[C@H]1C2O[P@@](=S)(OC[C@H]1O[C@@H](C)CC1OC)O[C@H](c1ccccc1)[C@@H]1CCCN1. The molecule has 11 nitrogen and oxygen atoms in total. The summed E-state index contributed by atoms with van der Waals surface area (Å²) < 4.78 is 64.4. The Morgan fingerprint density at radius 1 is 0.881 bits per heavy atom. The number of nitrogens with one attached hydrogen (secondary N) is 1. The van der Waals surface area contributed by atoms with Crippen LogP contribution in [0.15, 0.2) is 109 Å². The number of ether oxygens (including phenoxy) is 7. The van der Waals surface area contributed by atoms with Gasteiger partial charge in [-0.2, -0.15) is 0 Å². The summed E-state index contributed by atoms with van der Waals surface area (Å²) in [5.41, 5.74) is 1.27. The summed E-state index contributed by atoms with van der Waals surface area (Å²) in [5.74, 6) is 1.44. The fraction of sp³-hybridized carbons (Fsp3) is 0.467. The van der Waals surface area contributed by atoms with Crippen molar-refractivity contribution in [2.24, 2.45) is 0 Å². The second-order valence-electron chi connectivity index (χ2n) is 15.6. The highest BCUT2D eigenvalue weighted by molar-refractivity contribution is 8.07. The van der Waals surface area contributed by atoms with Gasteiger partial charge in [-0.15, -0.1) is 0 Å². The van der Waals surface area contributed by atoms with Gasteiger partial charge in [-0.05, 0) is 84.6 Å². The molecule has 4 aromatic carbocycles. The van der Waals surface area contributed by atoms with E-state index in [0.717, 1.165) is 59.6 Å². The van der Waals surface area contributed by atoms with Crippen molar-refractivity contribution in [3.63, 3.8) is 0 Å². The summed E-state index contributed by atoms with van der Waals surface area (Å²) in [4.78, 5) is 0. The summed E-state index contributed by atoms with van der Waals surface area (Å²) in [6, 6.07) is 35.1. The van der Waals surface area contributed by atoms with Crippen LogP contribution in [0.2, 0.25) is 0 Å². The predicted octanol–water partition coefficient (Wildman–Crippen LogP) is 7.00. The van der Waals surface area contributed by atoms with Gasteiger partial charge in [-0.3, -0.25) is 9.05 Å². The van der Waals surface area contributed by atoms with Crippen LogP contribution in [0.3, 0.4) is 0 Å². The van der Waals surface area contributed by atoms with Gasteiger partial charge in [0.2, 0.25) is 0 Å². The van der Waals surface area contributed by atoms with Crippen LogP contribution in [0.5, 0.6) is 11.5 Å². The molecule has 0 aliphatic carbocycles. The van der Waals surface area contributed by atoms with Gasteiger partial charge in [0.1, 0.15) is 55.0 Å². The van der Waals surface area contributed by atoms with E-state index in [1.165, 1.54) is 0 Å². The van der Waals surface area contributed by atoms with Crippen LogP contribution in [0.4, 0.5) is 0 Å². The van der Waals surface area contributed by atoms with Crippen LogP contribution >= 0.6 is 6.72 Å². The quantitative estimate of drug-likeness (QED) is 0.0634. The Morgan fingerprint density at radius 2 is 1.51 bits per heavy atom. The van der Waals surface area contributed by atoms with Crippen LogP contribution in [0.25, 0.3) is 0 Å². The van der Waals surface area contributed by atoms with E-state index in [9.17, 15) is 0 Å². The van der Waals surface area contributed by atoms with Gasteiger partial charge in [-0.1, -0.05) is 84.9 Å². The Bertz CT molecular complexity index is 1960. The molecule has 1 N–H and O–H groups in total. The Balaban J connectivity index is 1.16. The molecule has 8 rings (SSSR count). The molecule has 312 valence electrons. The summed E-state index contributed by atoms with van der Waals surface area (Å²) in [6.07, 6.45) is 0.192. The first-order valence-corrected chi connectivity index (χ1v) is 22.9. The zero-order chi connectivity index (χ0) is 41.0. The van der Waals surface area contributed by atoms with Crippen molar-refractivity contribution in [3.05, 3.63) is 131 Å². The summed E-state index contributed by atoms with van der Waals surface area (Å²) in [7, 11) is 11.7. The average molecular weight is 842 g/mol. The third-order valence-electron chi connectivity index (χ3n) is 11.9. The van der Waals surface area contributed by atoms with Crippen molar-refractivity contribution >= 4 is 26.4 Å². The number of rotatable bonds is 18. The molecular formula is C45H53BNO10PS. The number of benzene rings is 4. The van der Waals surface area contributed by atoms with Crippen molar-refractivity contribution in [3.8, 4) is 11.5 Å². The van der Waals surface area contributed by atoms with Gasteiger partial charge in [-0.25, -0.2) is 0 Å². The first-order valence-electron chi connectivity index (χ1n) is 20.3. The van der Waals surface area contributed by atoms with Crippen molar-refractivity contribution in [2.75, 3.05) is 47.7 Å². The smallest absolute Gasteiger partial charge is 0.328 e. The molecule has 4 saturated heterocycles. The van der Waals surface area contributed by atoms with Gasteiger partial charge in [0.25, 0.3) is 0 Å².